The van der Waals surface area contributed by atoms with Gasteiger partial charge in [-0.25, -0.2) is 0 Å². The summed E-state index contributed by atoms with van der Waals surface area (Å²) in [6.45, 7) is 7.43. The minimum absolute atomic E-state index is 0.0569. The molecule has 0 heterocycles. The molecule has 0 unspecified atom stereocenters. The van der Waals surface area contributed by atoms with Crippen molar-refractivity contribution in [1.29, 1.82) is 0 Å². The van der Waals surface area contributed by atoms with Crippen molar-refractivity contribution in [3.8, 4) is 0 Å². The number of carbonyl (C=O) groups is 3. The molecule has 0 radical (unpaired) electrons. The quantitative estimate of drug-likeness (QED) is 0.542. The van der Waals surface area contributed by atoms with Gasteiger partial charge < -0.3 is 21.3 Å². The van der Waals surface area contributed by atoms with Crippen molar-refractivity contribution < 1.29 is 14.4 Å². The number of nitrogens with one attached hydrogen (secondary N) is 4. The summed E-state index contributed by atoms with van der Waals surface area (Å²) in [7, 11) is 0. The highest BCUT2D eigenvalue weighted by Gasteiger charge is 2.08. The zero-order valence-corrected chi connectivity index (χ0v) is 17.3. The average molecular weight is 396 g/mol. The summed E-state index contributed by atoms with van der Waals surface area (Å²) in [5, 5.41) is 11.5. The van der Waals surface area contributed by atoms with E-state index in [9.17, 15) is 14.4 Å². The van der Waals surface area contributed by atoms with E-state index < -0.39 is 0 Å². The second kappa shape index (κ2) is 10.3. The van der Waals surface area contributed by atoms with Crippen LogP contribution < -0.4 is 21.3 Å². The Hall–Kier alpha value is -3.35. The van der Waals surface area contributed by atoms with Gasteiger partial charge in [0.25, 0.3) is 0 Å². The third-order valence-electron chi connectivity index (χ3n) is 4.25. The smallest absolute Gasteiger partial charge is 0.243 e. The van der Waals surface area contributed by atoms with Crippen molar-refractivity contribution in [1.82, 2.24) is 0 Å². The average Bonchev–Trinajstić information content (AvgIpc) is 2.69. The predicted octanol–water partition coefficient (Wildman–Crippen LogP) is 3.99. The summed E-state index contributed by atoms with van der Waals surface area (Å²) in [6.07, 6.45) is 0.402. The molecule has 0 aliphatic heterocycles. The Morgan fingerprint density at radius 2 is 1.41 bits per heavy atom. The molecule has 0 aromatic heterocycles. The number of rotatable bonds is 8. The fourth-order valence-corrected chi connectivity index (χ4v) is 2.42. The summed E-state index contributed by atoms with van der Waals surface area (Å²) in [4.78, 5) is 35.5. The molecular weight excluding hydrogens is 368 g/mol. The molecule has 0 aliphatic carbocycles. The van der Waals surface area contributed by atoms with Gasteiger partial charge in [0.2, 0.25) is 17.7 Å². The van der Waals surface area contributed by atoms with Gasteiger partial charge in [0.15, 0.2) is 0 Å². The first kappa shape index (κ1) is 21.9. The monoisotopic (exact) mass is 396 g/mol. The molecular formula is C22H28N4O3. The molecule has 2 rings (SSSR count). The molecule has 0 bridgehead atoms. The Balaban J connectivity index is 1.89. The maximum atomic E-state index is 12.2. The van der Waals surface area contributed by atoms with Crippen LogP contribution in [0.5, 0.6) is 0 Å². The molecule has 0 fully saturated rings. The van der Waals surface area contributed by atoms with E-state index in [4.69, 9.17) is 0 Å². The van der Waals surface area contributed by atoms with Crippen LogP contribution in [-0.2, 0) is 14.4 Å². The molecule has 0 saturated heterocycles. The van der Waals surface area contributed by atoms with Gasteiger partial charge >= 0.3 is 0 Å². The fraction of sp³-hybridized carbons (Fsp3) is 0.318. The van der Waals surface area contributed by atoms with Gasteiger partial charge in [-0.3, -0.25) is 14.4 Å². The third kappa shape index (κ3) is 6.95. The van der Waals surface area contributed by atoms with Gasteiger partial charge in [0.05, 0.1) is 6.54 Å². The molecule has 7 heteroatoms. The number of hydrogen-bond acceptors (Lipinski definition) is 4. The predicted molar refractivity (Wildman–Crippen MR) is 117 cm³/mol. The molecule has 0 aliphatic rings. The molecule has 4 N–H and O–H groups in total. The maximum absolute atomic E-state index is 12.2. The summed E-state index contributed by atoms with van der Waals surface area (Å²) in [5.41, 5.74) is 3.73. The van der Waals surface area contributed by atoms with Crippen LogP contribution in [0.3, 0.4) is 0 Å². The lowest BCUT2D eigenvalue weighted by Crippen LogP contribution is -2.22. The van der Waals surface area contributed by atoms with Crippen molar-refractivity contribution in [2.45, 2.75) is 34.1 Å². The fourth-order valence-electron chi connectivity index (χ4n) is 2.42. The van der Waals surface area contributed by atoms with E-state index in [-0.39, 0.29) is 30.2 Å². The SMILES string of the molecule is CCC(=O)Nc1cc(NCC(=O)Nc2ccc(NC(=O)C(C)C)cc2)ccc1C. The van der Waals surface area contributed by atoms with Crippen LogP contribution in [-0.4, -0.2) is 24.3 Å². The van der Waals surface area contributed by atoms with Gasteiger partial charge in [0.1, 0.15) is 0 Å². The standard InChI is InChI=1S/C22H28N4O3/c1-5-20(27)26-19-12-18(7-6-15(19)4)23-13-21(28)24-16-8-10-17(11-9-16)25-22(29)14(2)3/h6-12,14,23H,5,13H2,1-4H3,(H,24,28)(H,25,29)(H,26,27). The highest BCUT2D eigenvalue weighted by atomic mass is 16.2. The Bertz CT molecular complexity index is 876. The topological polar surface area (TPSA) is 99.3 Å². The number of hydrogen-bond donors (Lipinski definition) is 4. The lowest BCUT2D eigenvalue weighted by Gasteiger charge is -2.12. The molecule has 154 valence electrons. The van der Waals surface area contributed by atoms with Crippen LogP contribution in [0.2, 0.25) is 0 Å². The normalized spacial score (nSPS) is 10.4. The van der Waals surface area contributed by atoms with Gasteiger partial charge in [-0.2, -0.15) is 0 Å². The lowest BCUT2D eigenvalue weighted by atomic mass is 10.1. The van der Waals surface area contributed by atoms with Crippen LogP contribution in [0.4, 0.5) is 22.7 Å². The second-order valence-electron chi connectivity index (χ2n) is 7.05. The lowest BCUT2D eigenvalue weighted by molar-refractivity contribution is -0.119. The Kier molecular flexibility index (Phi) is 7.77. The van der Waals surface area contributed by atoms with Gasteiger partial charge in [0, 0.05) is 35.1 Å². The number of carbonyl (C=O) groups excluding carboxylic acids is 3. The molecule has 2 aromatic rings. The zero-order chi connectivity index (χ0) is 21.4. The molecule has 0 spiro atoms. The van der Waals surface area contributed by atoms with Crippen molar-refractivity contribution in [3.63, 3.8) is 0 Å². The van der Waals surface area contributed by atoms with Crippen molar-refractivity contribution in [2.75, 3.05) is 27.8 Å². The van der Waals surface area contributed by atoms with Crippen LogP contribution in [0.25, 0.3) is 0 Å². The van der Waals surface area contributed by atoms with Gasteiger partial charge in [-0.05, 0) is 48.9 Å². The Morgan fingerprint density at radius 3 is 2.00 bits per heavy atom. The number of amides is 3. The molecule has 3 amide bonds. The number of benzene rings is 2. The summed E-state index contributed by atoms with van der Waals surface area (Å²) < 4.78 is 0. The van der Waals surface area contributed by atoms with E-state index in [2.05, 4.69) is 21.3 Å². The van der Waals surface area contributed by atoms with E-state index in [1.807, 2.05) is 39.0 Å². The number of aryl methyl sites for hydroxylation is 1. The highest BCUT2D eigenvalue weighted by molar-refractivity contribution is 5.95. The largest absolute Gasteiger partial charge is 0.376 e. The third-order valence-corrected chi connectivity index (χ3v) is 4.25. The molecule has 2 aromatic carbocycles. The highest BCUT2D eigenvalue weighted by Crippen LogP contribution is 2.20. The van der Waals surface area contributed by atoms with Gasteiger partial charge in [-0.1, -0.05) is 26.8 Å². The molecule has 7 nitrogen and oxygen atoms in total. The first-order chi connectivity index (χ1) is 13.8. The Labute approximate surface area is 171 Å². The Morgan fingerprint density at radius 1 is 0.828 bits per heavy atom. The van der Waals surface area contributed by atoms with E-state index in [0.717, 1.165) is 16.9 Å². The van der Waals surface area contributed by atoms with E-state index in [1.54, 1.807) is 31.2 Å². The summed E-state index contributed by atoms with van der Waals surface area (Å²) in [5.74, 6) is -0.420. The van der Waals surface area contributed by atoms with Crippen LogP contribution in [0.15, 0.2) is 42.5 Å². The zero-order valence-electron chi connectivity index (χ0n) is 17.3. The van der Waals surface area contributed by atoms with E-state index >= 15 is 0 Å². The summed E-state index contributed by atoms with van der Waals surface area (Å²) in [6, 6.07) is 12.5. The first-order valence-electron chi connectivity index (χ1n) is 9.63. The molecule has 0 saturated carbocycles. The van der Waals surface area contributed by atoms with Crippen molar-refractivity contribution in [3.05, 3.63) is 48.0 Å². The minimum atomic E-state index is -0.205. The van der Waals surface area contributed by atoms with Crippen LogP contribution in [0, 0.1) is 12.8 Å². The van der Waals surface area contributed by atoms with E-state index in [1.165, 1.54) is 0 Å². The van der Waals surface area contributed by atoms with E-state index in [0.29, 0.717) is 17.8 Å². The van der Waals surface area contributed by atoms with Crippen molar-refractivity contribution in [2.24, 2.45) is 5.92 Å². The summed E-state index contributed by atoms with van der Waals surface area (Å²) >= 11 is 0. The first-order valence-corrected chi connectivity index (χ1v) is 9.63. The van der Waals surface area contributed by atoms with Crippen LogP contribution in [0.1, 0.15) is 32.8 Å². The van der Waals surface area contributed by atoms with Crippen LogP contribution >= 0.6 is 0 Å². The second-order valence-corrected chi connectivity index (χ2v) is 7.05. The number of anilines is 4. The molecule has 29 heavy (non-hydrogen) atoms. The van der Waals surface area contributed by atoms with Crippen molar-refractivity contribution >= 4 is 40.5 Å². The minimum Gasteiger partial charge on any atom is -0.376 e. The maximum Gasteiger partial charge on any atom is 0.243 e. The van der Waals surface area contributed by atoms with Gasteiger partial charge in [-0.15, -0.1) is 0 Å². The molecule has 0 atom stereocenters.